The fourth-order valence-corrected chi connectivity index (χ4v) is 1.23. The second-order valence-electron chi connectivity index (χ2n) is 2.20. The van der Waals surface area contributed by atoms with E-state index < -0.39 is 10.1 Å². The van der Waals surface area contributed by atoms with E-state index in [1.54, 1.807) is 0 Å². The number of hydrogen-bond donors (Lipinski definition) is 2. The molecule has 0 spiro atoms. The maximum Gasteiger partial charge on any atom is 1.00 e. The van der Waals surface area contributed by atoms with Gasteiger partial charge in [0.1, 0.15) is 0 Å². The quantitative estimate of drug-likeness (QED) is 0.273. The molecular weight excluding hydrogens is 219 g/mol. The third-order valence-electron chi connectivity index (χ3n) is 1.33. The van der Waals surface area contributed by atoms with E-state index in [-0.39, 0.29) is 35.9 Å². The number of hydrogen-bond acceptors (Lipinski definition) is 4. The van der Waals surface area contributed by atoms with Gasteiger partial charge in [0.05, 0.1) is 15.9 Å². The Bertz CT molecular complexity index is 408. The van der Waals surface area contributed by atoms with Crippen molar-refractivity contribution in [3.05, 3.63) is 29.2 Å². The van der Waals surface area contributed by atoms with Gasteiger partial charge in [0.2, 0.25) is 0 Å². The summed E-state index contributed by atoms with van der Waals surface area (Å²) in [4.78, 5) is 9.49. The molecule has 1 rings (SSSR count). The molecule has 0 fully saturated rings. The molecule has 0 radical (unpaired) electrons. The Morgan fingerprint density at radius 3 is 2.14 bits per heavy atom. The first kappa shape index (κ1) is 13.5. The topological polar surface area (TPSA) is 95.8 Å². The Morgan fingerprint density at radius 1 is 1.29 bits per heavy atom. The molecule has 2 N–H and O–H groups in total. The van der Waals surface area contributed by atoms with Crippen LogP contribution in [-0.4, -0.2) is 13.0 Å². The fourth-order valence-electron chi connectivity index (χ4n) is 0.754. The summed E-state index contributed by atoms with van der Waals surface area (Å²) in [6.45, 7) is 0. The molecule has 0 heterocycles. The van der Waals surface area contributed by atoms with Crippen LogP contribution in [0.2, 0.25) is 0 Å². The molecule has 14 heavy (non-hydrogen) atoms. The van der Waals surface area contributed by atoms with Gasteiger partial charge in [-0.3, -0.25) is 4.55 Å². The van der Waals surface area contributed by atoms with Crippen LogP contribution in [-0.2, 0) is 10.1 Å². The van der Waals surface area contributed by atoms with Crippen molar-refractivity contribution in [1.82, 2.24) is 0 Å². The van der Waals surface area contributed by atoms with Gasteiger partial charge in [-0.05, 0) is 24.3 Å². The number of nitrogens with one attached hydrogen (secondary N) is 1. The predicted octanol–water partition coefficient (Wildman–Crippen LogP) is -1.86. The first-order chi connectivity index (χ1) is 6.04. The standard InChI is InChI=1S/C6H6N2O4S.Na.H/c9-8-7-5-1-3-6(4-2-5)13(10,11)12;;/h1-4H,(H,7,9)(H,10,11,12);;/q;+1;-1. The summed E-state index contributed by atoms with van der Waals surface area (Å²) in [7, 11) is -4.17. The summed E-state index contributed by atoms with van der Waals surface area (Å²) >= 11 is 0. The molecular formula is C6H7N2NaO4S. The van der Waals surface area contributed by atoms with E-state index in [0.29, 0.717) is 5.69 Å². The van der Waals surface area contributed by atoms with E-state index in [4.69, 9.17) is 4.55 Å². The van der Waals surface area contributed by atoms with Crippen LogP contribution in [0.4, 0.5) is 5.69 Å². The molecule has 0 aromatic heterocycles. The molecule has 0 amide bonds. The van der Waals surface area contributed by atoms with Crippen molar-refractivity contribution < 1.29 is 44.0 Å². The minimum atomic E-state index is -4.17. The molecule has 1 aromatic rings. The molecule has 0 aliphatic carbocycles. The molecule has 0 atom stereocenters. The Morgan fingerprint density at radius 2 is 1.79 bits per heavy atom. The Kier molecular flexibility index (Phi) is 5.24. The van der Waals surface area contributed by atoms with Crippen molar-refractivity contribution in [2.75, 3.05) is 5.43 Å². The zero-order chi connectivity index (χ0) is 9.90. The molecule has 0 unspecified atom stereocenters. The fraction of sp³-hybridized carbons (Fsp3) is 0. The van der Waals surface area contributed by atoms with Gasteiger partial charge in [-0.2, -0.15) is 8.42 Å². The minimum absolute atomic E-state index is 0. The van der Waals surface area contributed by atoms with Crippen LogP contribution >= 0.6 is 0 Å². The van der Waals surface area contributed by atoms with Gasteiger partial charge in [-0.25, -0.2) is 5.43 Å². The molecule has 1 aromatic carbocycles. The molecule has 0 saturated carbocycles. The van der Waals surface area contributed by atoms with Crippen molar-refractivity contribution in [2.24, 2.45) is 5.29 Å². The summed E-state index contributed by atoms with van der Waals surface area (Å²) < 4.78 is 29.7. The minimum Gasteiger partial charge on any atom is -1.00 e. The van der Waals surface area contributed by atoms with Gasteiger partial charge in [0.25, 0.3) is 10.1 Å². The maximum atomic E-state index is 10.6. The zero-order valence-corrected chi connectivity index (χ0v) is 10.2. The normalized spacial score (nSPS) is 10.1. The third-order valence-corrected chi connectivity index (χ3v) is 2.19. The van der Waals surface area contributed by atoms with E-state index >= 15 is 0 Å². The zero-order valence-electron chi connectivity index (χ0n) is 8.34. The average Bonchev–Trinajstić information content (AvgIpc) is 2.04. The van der Waals surface area contributed by atoms with Crippen molar-refractivity contribution in [3.63, 3.8) is 0 Å². The van der Waals surface area contributed by atoms with Gasteiger partial charge in [0, 0.05) is 0 Å². The monoisotopic (exact) mass is 226 g/mol. The van der Waals surface area contributed by atoms with Crippen molar-refractivity contribution in [1.29, 1.82) is 0 Å². The van der Waals surface area contributed by atoms with E-state index in [9.17, 15) is 13.3 Å². The van der Waals surface area contributed by atoms with Crippen LogP contribution in [0.15, 0.2) is 34.4 Å². The van der Waals surface area contributed by atoms with Gasteiger partial charge >= 0.3 is 29.6 Å². The van der Waals surface area contributed by atoms with Crippen molar-refractivity contribution in [2.45, 2.75) is 4.90 Å². The average molecular weight is 226 g/mol. The number of anilines is 1. The van der Waals surface area contributed by atoms with E-state index in [2.05, 4.69) is 10.7 Å². The van der Waals surface area contributed by atoms with Crippen LogP contribution in [0.25, 0.3) is 0 Å². The molecule has 72 valence electrons. The number of rotatable bonds is 3. The molecule has 8 heteroatoms. The van der Waals surface area contributed by atoms with Gasteiger partial charge < -0.3 is 1.43 Å². The Balaban J connectivity index is 0. The maximum absolute atomic E-state index is 10.6. The van der Waals surface area contributed by atoms with Crippen molar-refractivity contribution in [3.8, 4) is 0 Å². The van der Waals surface area contributed by atoms with Crippen LogP contribution in [0.1, 0.15) is 1.43 Å². The summed E-state index contributed by atoms with van der Waals surface area (Å²) in [5, 5.41) is 2.39. The summed E-state index contributed by atoms with van der Waals surface area (Å²) in [5.41, 5.74) is 2.43. The van der Waals surface area contributed by atoms with Crippen molar-refractivity contribution >= 4 is 15.8 Å². The van der Waals surface area contributed by atoms with Gasteiger partial charge in [0.15, 0.2) is 0 Å². The first-order valence-corrected chi connectivity index (χ1v) is 4.64. The second-order valence-corrected chi connectivity index (χ2v) is 3.62. The number of benzene rings is 1. The van der Waals surface area contributed by atoms with Crippen LogP contribution < -0.4 is 35.0 Å². The summed E-state index contributed by atoms with van der Waals surface area (Å²) in [6.07, 6.45) is 0. The van der Waals surface area contributed by atoms with E-state index in [1.807, 2.05) is 0 Å². The van der Waals surface area contributed by atoms with E-state index in [0.717, 1.165) is 12.1 Å². The summed E-state index contributed by atoms with van der Waals surface area (Å²) in [6, 6.07) is 4.93. The van der Waals surface area contributed by atoms with Crippen LogP contribution in [0.5, 0.6) is 0 Å². The van der Waals surface area contributed by atoms with Crippen LogP contribution in [0, 0.1) is 4.91 Å². The third kappa shape index (κ3) is 3.72. The van der Waals surface area contributed by atoms with E-state index in [1.165, 1.54) is 12.1 Å². The van der Waals surface area contributed by atoms with Crippen LogP contribution in [0.3, 0.4) is 0 Å². The number of nitroso groups, excluding NO2 is 1. The molecule has 6 nitrogen and oxygen atoms in total. The smallest absolute Gasteiger partial charge is 1.00 e. The largest absolute Gasteiger partial charge is 1.00 e. The molecule has 0 bridgehead atoms. The second kappa shape index (κ2) is 5.42. The SMILES string of the molecule is O=NNc1ccc(S(=O)(=O)O)cc1.[H-].[Na+]. The Hall–Kier alpha value is -0.470. The first-order valence-electron chi connectivity index (χ1n) is 3.20. The number of nitrogens with zero attached hydrogens (tertiary/aromatic N) is 1. The molecule has 0 saturated heterocycles. The van der Waals surface area contributed by atoms with Gasteiger partial charge in [-0.1, -0.05) is 0 Å². The molecule has 0 aliphatic heterocycles. The van der Waals surface area contributed by atoms with Gasteiger partial charge in [-0.15, -0.1) is 4.91 Å². The predicted molar refractivity (Wildman–Crippen MR) is 46.8 cm³/mol. The Labute approximate surface area is 104 Å². The summed E-state index contributed by atoms with van der Waals surface area (Å²) in [5.74, 6) is 0. The molecule has 0 aliphatic rings.